The van der Waals surface area contributed by atoms with Gasteiger partial charge in [-0.2, -0.15) is 0 Å². The minimum atomic E-state index is -1.09. The minimum Gasteiger partial charge on any atom is -0.399 e. The molecule has 0 spiro atoms. The fraction of sp³-hybridized carbons (Fsp3) is 0.100. The largest absolute Gasteiger partial charge is 0.399 e. The Kier molecular flexibility index (Phi) is 3.73. The third kappa shape index (κ3) is 2.69. The summed E-state index contributed by atoms with van der Waals surface area (Å²) in [6, 6.07) is 5.29. The van der Waals surface area contributed by atoms with Gasteiger partial charge in [0.2, 0.25) is 0 Å². The Hall–Kier alpha value is -0.720. The molecule has 6 heteroatoms. The van der Waals surface area contributed by atoms with Crippen molar-refractivity contribution < 1.29 is 4.21 Å². The molecular weight excluding hydrogens is 308 g/mol. The SMILES string of the molecule is Nc1ccc(S(=O)Cc2nccs2)c(Br)c1. The Balaban J connectivity index is 2.21. The van der Waals surface area contributed by atoms with Crippen molar-refractivity contribution in [2.75, 3.05) is 5.73 Å². The van der Waals surface area contributed by atoms with Crippen LogP contribution in [0.2, 0.25) is 0 Å². The van der Waals surface area contributed by atoms with Crippen LogP contribution in [0.15, 0.2) is 39.1 Å². The minimum absolute atomic E-state index is 0.445. The summed E-state index contributed by atoms with van der Waals surface area (Å²) in [7, 11) is -1.09. The Morgan fingerprint density at radius 1 is 1.50 bits per heavy atom. The number of hydrogen-bond donors (Lipinski definition) is 1. The zero-order valence-electron chi connectivity index (χ0n) is 8.22. The summed E-state index contributed by atoms with van der Waals surface area (Å²) in [5.74, 6) is 0.445. The highest BCUT2D eigenvalue weighted by Gasteiger charge is 2.10. The van der Waals surface area contributed by atoms with Crippen molar-refractivity contribution in [2.45, 2.75) is 10.6 Å². The van der Waals surface area contributed by atoms with Gasteiger partial charge in [-0.1, -0.05) is 0 Å². The van der Waals surface area contributed by atoms with Gasteiger partial charge in [0.15, 0.2) is 0 Å². The van der Waals surface area contributed by atoms with Crippen molar-refractivity contribution in [2.24, 2.45) is 0 Å². The number of hydrogen-bond acceptors (Lipinski definition) is 4. The fourth-order valence-electron chi connectivity index (χ4n) is 1.22. The summed E-state index contributed by atoms with van der Waals surface area (Å²) in [6.45, 7) is 0. The number of thiazole rings is 1. The van der Waals surface area contributed by atoms with Crippen molar-refractivity contribution in [3.63, 3.8) is 0 Å². The van der Waals surface area contributed by atoms with Crippen molar-refractivity contribution in [3.05, 3.63) is 39.3 Å². The van der Waals surface area contributed by atoms with Gasteiger partial charge in [0.25, 0.3) is 0 Å². The molecule has 2 rings (SSSR count). The lowest BCUT2D eigenvalue weighted by Crippen LogP contribution is -1.98. The second kappa shape index (κ2) is 5.07. The Bertz CT molecular complexity index is 514. The number of halogens is 1. The van der Waals surface area contributed by atoms with E-state index in [0.29, 0.717) is 11.4 Å². The number of aromatic nitrogens is 1. The number of nitrogen functional groups attached to an aromatic ring is 1. The summed E-state index contributed by atoms with van der Waals surface area (Å²) < 4.78 is 12.8. The van der Waals surface area contributed by atoms with E-state index < -0.39 is 10.8 Å². The Morgan fingerprint density at radius 3 is 2.94 bits per heavy atom. The van der Waals surface area contributed by atoms with Crippen LogP contribution in [-0.2, 0) is 16.6 Å². The van der Waals surface area contributed by atoms with Crippen LogP contribution in [-0.4, -0.2) is 9.19 Å². The molecule has 1 aromatic heterocycles. The molecule has 2 N–H and O–H groups in total. The van der Waals surface area contributed by atoms with Gasteiger partial charge in [0, 0.05) is 21.7 Å². The zero-order chi connectivity index (χ0) is 11.5. The number of benzene rings is 1. The molecule has 84 valence electrons. The van der Waals surface area contributed by atoms with E-state index in [9.17, 15) is 4.21 Å². The second-order valence-electron chi connectivity index (χ2n) is 3.11. The molecule has 0 amide bonds. The van der Waals surface area contributed by atoms with Gasteiger partial charge in [0.05, 0.1) is 21.4 Å². The first-order valence-electron chi connectivity index (χ1n) is 4.48. The summed E-state index contributed by atoms with van der Waals surface area (Å²) in [6.07, 6.45) is 1.72. The maximum absolute atomic E-state index is 12.1. The quantitative estimate of drug-likeness (QED) is 0.886. The Morgan fingerprint density at radius 2 is 2.31 bits per heavy atom. The van der Waals surface area contributed by atoms with Gasteiger partial charge < -0.3 is 5.73 Å². The van der Waals surface area contributed by atoms with E-state index in [1.54, 1.807) is 24.4 Å². The van der Waals surface area contributed by atoms with Crippen LogP contribution in [0.25, 0.3) is 0 Å². The first-order valence-corrected chi connectivity index (χ1v) is 7.48. The molecule has 0 aliphatic heterocycles. The molecule has 1 atom stereocenters. The first-order chi connectivity index (χ1) is 7.66. The van der Waals surface area contributed by atoms with E-state index >= 15 is 0 Å². The molecule has 1 heterocycles. The lowest BCUT2D eigenvalue weighted by molar-refractivity contribution is 0.682. The monoisotopic (exact) mass is 316 g/mol. The fourth-order valence-corrected chi connectivity index (χ4v) is 4.10. The normalized spacial score (nSPS) is 12.6. The van der Waals surface area contributed by atoms with Crippen molar-refractivity contribution in [3.8, 4) is 0 Å². The van der Waals surface area contributed by atoms with E-state index in [0.717, 1.165) is 14.4 Å². The number of nitrogens with zero attached hydrogens (tertiary/aromatic N) is 1. The molecule has 1 unspecified atom stereocenters. The maximum atomic E-state index is 12.1. The van der Waals surface area contributed by atoms with E-state index in [2.05, 4.69) is 20.9 Å². The van der Waals surface area contributed by atoms with E-state index in [1.807, 2.05) is 5.38 Å². The number of rotatable bonds is 3. The molecule has 0 saturated carbocycles. The van der Waals surface area contributed by atoms with Gasteiger partial charge in [0.1, 0.15) is 5.01 Å². The Labute approximate surface area is 108 Å². The van der Waals surface area contributed by atoms with E-state index in [-0.39, 0.29) is 0 Å². The van der Waals surface area contributed by atoms with Crippen LogP contribution in [0.1, 0.15) is 5.01 Å². The summed E-state index contributed by atoms with van der Waals surface area (Å²) >= 11 is 4.87. The van der Waals surface area contributed by atoms with Crippen molar-refractivity contribution in [1.82, 2.24) is 4.98 Å². The highest BCUT2D eigenvalue weighted by molar-refractivity contribution is 9.10. The molecule has 0 radical (unpaired) electrons. The van der Waals surface area contributed by atoms with E-state index in [1.165, 1.54) is 11.3 Å². The molecule has 0 aliphatic rings. The standard InChI is InChI=1S/C10H9BrN2OS2/c11-8-5-7(12)1-2-9(8)16(14)6-10-13-3-4-15-10/h1-5H,6,12H2. The van der Waals surface area contributed by atoms with Gasteiger partial charge in [-0.3, -0.25) is 4.21 Å². The zero-order valence-corrected chi connectivity index (χ0v) is 11.4. The highest BCUT2D eigenvalue weighted by atomic mass is 79.9. The number of anilines is 1. The molecule has 0 saturated heterocycles. The average Bonchev–Trinajstić information content (AvgIpc) is 2.70. The van der Waals surface area contributed by atoms with Crippen LogP contribution >= 0.6 is 27.3 Å². The van der Waals surface area contributed by atoms with Crippen LogP contribution in [0.5, 0.6) is 0 Å². The number of nitrogens with two attached hydrogens (primary N) is 1. The summed E-state index contributed by atoms with van der Waals surface area (Å²) in [4.78, 5) is 4.87. The van der Waals surface area contributed by atoms with Crippen LogP contribution in [0, 0.1) is 0 Å². The predicted molar refractivity (Wildman–Crippen MR) is 70.8 cm³/mol. The molecule has 2 aromatic rings. The average molecular weight is 317 g/mol. The van der Waals surface area contributed by atoms with Crippen molar-refractivity contribution in [1.29, 1.82) is 0 Å². The predicted octanol–water partition coefficient (Wildman–Crippen LogP) is 2.80. The molecule has 0 bridgehead atoms. The molecule has 0 aliphatic carbocycles. The van der Waals surface area contributed by atoms with Crippen LogP contribution in [0.4, 0.5) is 5.69 Å². The third-order valence-corrected chi connectivity index (χ3v) is 5.20. The van der Waals surface area contributed by atoms with Gasteiger partial charge >= 0.3 is 0 Å². The van der Waals surface area contributed by atoms with Crippen molar-refractivity contribution >= 4 is 43.8 Å². The van der Waals surface area contributed by atoms with Crippen LogP contribution < -0.4 is 5.73 Å². The molecule has 1 aromatic carbocycles. The second-order valence-corrected chi connectivity index (χ2v) is 6.36. The molecule has 16 heavy (non-hydrogen) atoms. The molecular formula is C10H9BrN2OS2. The van der Waals surface area contributed by atoms with Gasteiger partial charge in [-0.25, -0.2) is 4.98 Å². The maximum Gasteiger partial charge on any atom is 0.105 e. The summed E-state index contributed by atoms with van der Waals surface area (Å²) in [5, 5.41) is 2.76. The highest BCUT2D eigenvalue weighted by Crippen LogP contribution is 2.24. The first kappa shape index (κ1) is 11.8. The molecule has 3 nitrogen and oxygen atoms in total. The van der Waals surface area contributed by atoms with Gasteiger partial charge in [-0.05, 0) is 34.1 Å². The summed E-state index contributed by atoms with van der Waals surface area (Å²) in [5.41, 5.74) is 6.28. The third-order valence-electron chi connectivity index (χ3n) is 1.94. The van der Waals surface area contributed by atoms with E-state index in [4.69, 9.17) is 5.73 Å². The lowest BCUT2D eigenvalue weighted by Gasteiger charge is -2.04. The smallest absolute Gasteiger partial charge is 0.105 e. The lowest BCUT2D eigenvalue weighted by atomic mass is 10.3. The molecule has 0 fully saturated rings. The topological polar surface area (TPSA) is 56.0 Å². The van der Waals surface area contributed by atoms with Crippen LogP contribution in [0.3, 0.4) is 0 Å². The van der Waals surface area contributed by atoms with Gasteiger partial charge in [-0.15, -0.1) is 11.3 Å².